The quantitative estimate of drug-likeness (QED) is 0.831. The number of rotatable bonds is 1. The van der Waals surface area contributed by atoms with Crippen LogP contribution in [0.2, 0.25) is 0 Å². The van der Waals surface area contributed by atoms with Crippen molar-refractivity contribution in [2.45, 2.75) is 24.5 Å². The van der Waals surface area contributed by atoms with Crippen LogP contribution in [0.15, 0.2) is 18.2 Å². The van der Waals surface area contributed by atoms with Crippen molar-refractivity contribution in [3.63, 3.8) is 0 Å². The minimum Gasteiger partial charge on any atom is -0.486 e. The summed E-state index contributed by atoms with van der Waals surface area (Å²) in [6.45, 7) is 0. The maximum Gasteiger partial charge on any atom is 0.127 e. The molecule has 2 atom stereocenters. The molecule has 4 heteroatoms. The van der Waals surface area contributed by atoms with E-state index in [2.05, 4.69) is 5.32 Å². The minimum atomic E-state index is -0.221. The van der Waals surface area contributed by atoms with Crippen molar-refractivity contribution in [3.8, 4) is 5.75 Å². The average Bonchev–Trinajstić information content (AvgIpc) is 2.75. The maximum atomic E-state index is 13.3. The van der Waals surface area contributed by atoms with Crippen LogP contribution in [0.4, 0.5) is 4.39 Å². The molecule has 1 N–H and O–H groups in total. The Balaban J connectivity index is 2.00. The molecule has 2 aliphatic rings. The topological polar surface area (TPSA) is 21.3 Å². The van der Waals surface area contributed by atoms with Gasteiger partial charge in [-0.1, -0.05) is 6.07 Å². The predicted octanol–water partition coefficient (Wildman–Crippen LogP) is 2.74. The van der Waals surface area contributed by atoms with Gasteiger partial charge < -0.3 is 10.1 Å². The monoisotopic (exact) mass is 253 g/mol. The van der Waals surface area contributed by atoms with E-state index < -0.39 is 0 Å². The number of benzene rings is 1. The fourth-order valence-electron chi connectivity index (χ4n) is 2.73. The predicted molar refractivity (Wildman–Crippen MR) is 68.1 cm³/mol. The summed E-state index contributed by atoms with van der Waals surface area (Å²) in [4.78, 5) is 0. The molecule has 0 amide bonds. The first-order valence-electron chi connectivity index (χ1n) is 5.96. The lowest BCUT2D eigenvalue weighted by molar-refractivity contribution is 0.0561. The Bertz CT molecular complexity index is 431. The first-order chi connectivity index (χ1) is 8.22. The summed E-state index contributed by atoms with van der Waals surface area (Å²) in [6.07, 6.45) is 2.04. The highest BCUT2D eigenvalue weighted by molar-refractivity contribution is 7.99. The summed E-state index contributed by atoms with van der Waals surface area (Å²) in [7, 11) is 1.96. The normalized spacial score (nSPS) is 31.3. The fraction of sp³-hybridized carbons (Fsp3) is 0.538. The van der Waals surface area contributed by atoms with Gasteiger partial charge >= 0.3 is 0 Å². The molecular weight excluding hydrogens is 237 g/mol. The summed E-state index contributed by atoms with van der Waals surface area (Å²) in [5.74, 6) is 2.65. The first-order valence-corrected chi connectivity index (χ1v) is 7.11. The summed E-state index contributed by atoms with van der Waals surface area (Å²) < 4.78 is 19.4. The highest BCUT2D eigenvalue weighted by Crippen LogP contribution is 2.45. The van der Waals surface area contributed by atoms with Crippen molar-refractivity contribution >= 4 is 11.8 Å². The van der Waals surface area contributed by atoms with Gasteiger partial charge in [0.1, 0.15) is 17.2 Å². The van der Waals surface area contributed by atoms with Gasteiger partial charge in [-0.05, 0) is 25.3 Å². The zero-order valence-corrected chi connectivity index (χ0v) is 10.6. The van der Waals surface area contributed by atoms with E-state index in [1.54, 1.807) is 0 Å². The second-order valence-corrected chi connectivity index (χ2v) is 5.92. The molecule has 0 saturated carbocycles. The summed E-state index contributed by atoms with van der Waals surface area (Å²) in [5, 5.41) is 3.32. The molecule has 92 valence electrons. The van der Waals surface area contributed by atoms with Gasteiger partial charge in [-0.2, -0.15) is 11.8 Å². The molecule has 2 nitrogen and oxygen atoms in total. The SMILES string of the molecule is CNC1CC2(CCSC2)Oc2cc(F)ccc21. The summed E-state index contributed by atoms with van der Waals surface area (Å²) in [5.41, 5.74) is 0.996. The molecule has 17 heavy (non-hydrogen) atoms. The summed E-state index contributed by atoms with van der Waals surface area (Å²) >= 11 is 1.92. The van der Waals surface area contributed by atoms with Gasteiger partial charge in [0, 0.05) is 29.8 Å². The highest BCUT2D eigenvalue weighted by Gasteiger charge is 2.43. The van der Waals surface area contributed by atoms with Crippen molar-refractivity contribution in [1.82, 2.24) is 5.32 Å². The van der Waals surface area contributed by atoms with Gasteiger partial charge in [0.15, 0.2) is 0 Å². The number of fused-ring (bicyclic) bond motifs is 1. The van der Waals surface area contributed by atoms with Crippen LogP contribution in [0.3, 0.4) is 0 Å². The lowest BCUT2D eigenvalue weighted by Crippen LogP contribution is -2.43. The molecule has 0 aromatic heterocycles. The largest absolute Gasteiger partial charge is 0.486 e. The van der Waals surface area contributed by atoms with Crippen LogP contribution in [0.25, 0.3) is 0 Å². The molecule has 1 aromatic rings. The molecule has 2 aliphatic heterocycles. The van der Waals surface area contributed by atoms with Gasteiger partial charge in [-0.3, -0.25) is 0 Å². The second kappa shape index (κ2) is 4.18. The van der Waals surface area contributed by atoms with Gasteiger partial charge in [0.2, 0.25) is 0 Å². The molecule has 1 spiro atoms. The Hall–Kier alpha value is -0.740. The fourth-order valence-corrected chi connectivity index (χ4v) is 4.08. The third kappa shape index (κ3) is 1.93. The van der Waals surface area contributed by atoms with Crippen LogP contribution >= 0.6 is 11.8 Å². The molecule has 0 radical (unpaired) electrons. The Labute approximate surface area is 105 Å². The van der Waals surface area contributed by atoms with Crippen LogP contribution in [-0.4, -0.2) is 24.2 Å². The molecule has 3 rings (SSSR count). The van der Waals surface area contributed by atoms with E-state index >= 15 is 0 Å². The standard InChI is InChI=1S/C13H16FNOS/c1-15-11-7-13(4-5-17-8-13)16-12-6-9(14)2-3-10(11)12/h2-3,6,11,15H,4-5,7-8H2,1H3. The van der Waals surface area contributed by atoms with Crippen LogP contribution in [-0.2, 0) is 0 Å². The lowest BCUT2D eigenvalue weighted by Gasteiger charge is -2.39. The number of halogens is 1. The molecule has 0 aliphatic carbocycles. The third-order valence-corrected chi connectivity index (χ3v) is 4.89. The highest BCUT2D eigenvalue weighted by atomic mass is 32.2. The Morgan fingerprint density at radius 2 is 2.41 bits per heavy atom. The molecule has 2 unspecified atom stereocenters. The van der Waals surface area contributed by atoms with Gasteiger partial charge in [-0.15, -0.1) is 0 Å². The Morgan fingerprint density at radius 1 is 1.53 bits per heavy atom. The number of hydrogen-bond donors (Lipinski definition) is 1. The van der Waals surface area contributed by atoms with E-state index in [0.717, 1.165) is 35.7 Å². The van der Waals surface area contributed by atoms with Crippen LogP contribution in [0.1, 0.15) is 24.4 Å². The number of ether oxygens (including phenoxy) is 1. The van der Waals surface area contributed by atoms with Crippen LogP contribution < -0.4 is 10.1 Å². The Morgan fingerprint density at radius 3 is 3.12 bits per heavy atom. The van der Waals surface area contributed by atoms with Gasteiger partial charge in [0.05, 0.1) is 0 Å². The maximum absolute atomic E-state index is 13.3. The number of thioether (sulfide) groups is 1. The van der Waals surface area contributed by atoms with E-state index in [9.17, 15) is 4.39 Å². The smallest absolute Gasteiger partial charge is 0.127 e. The van der Waals surface area contributed by atoms with Crippen molar-refractivity contribution in [1.29, 1.82) is 0 Å². The number of nitrogens with one attached hydrogen (secondary N) is 1. The molecule has 2 heterocycles. The molecule has 0 bridgehead atoms. The van der Waals surface area contributed by atoms with Gasteiger partial charge in [-0.25, -0.2) is 4.39 Å². The van der Waals surface area contributed by atoms with E-state index in [1.165, 1.54) is 12.1 Å². The second-order valence-electron chi connectivity index (χ2n) is 4.82. The van der Waals surface area contributed by atoms with Gasteiger partial charge in [0.25, 0.3) is 0 Å². The zero-order chi connectivity index (χ0) is 11.9. The van der Waals surface area contributed by atoms with Crippen LogP contribution in [0, 0.1) is 5.82 Å². The van der Waals surface area contributed by atoms with E-state index in [4.69, 9.17) is 4.74 Å². The van der Waals surface area contributed by atoms with Crippen molar-refractivity contribution in [2.75, 3.05) is 18.6 Å². The van der Waals surface area contributed by atoms with E-state index in [-0.39, 0.29) is 17.5 Å². The molecule has 1 aromatic carbocycles. The zero-order valence-electron chi connectivity index (χ0n) is 9.83. The lowest BCUT2D eigenvalue weighted by atomic mass is 9.87. The van der Waals surface area contributed by atoms with E-state index in [0.29, 0.717) is 0 Å². The Kier molecular flexibility index (Phi) is 2.79. The van der Waals surface area contributed by atoms with Crippen molar-refractivity contribution in [2.24, 2.45) is 0 Å². The number of hydrogen-bond acceptors (Lipinski definition) is 3. The average molecular weight is 253 g/mol. The van der Waals surface area contributed by atoms with Crippen molar-refractivity contribution < 1.29 is 9.13 Å². The molecule has 1 saturated heterocycles. The van der Waals surface area contributed by atoms with Crippen molar-refractivity contribution in [3.05, 3.63) is 29.6 Å². The molecular formula is C13H16FNOS. The molecule has 1 fully saturated rings. The minimum absolute atomic E-state index is 0.0842. The van der Waals surface area contributed by atoms with E-state index in [1.807, 2.05) is 24.9 Å². The summed E-state index contributed by atoms with van der Waals surface area (Å²) in [6, 6.07) is 5.14. The van der Waals surface area contributed by atoms with Crippen LogP contribution in [0.5, 0.6) is 5.75 Å². The first kappa shape index (κ1) is 11.4. The third-order valence-electron chi connectivity index (χ3n) is 3.67.